The summed E-state index contributed by atoms with van der Waals surface area (Å²) in [6.45, 7) is 6.52. The van der Waals surface area contributed by atoms with Crippen LogP contribution in [-0.2, 0) is 16.1 Å². The number of hydrogen-bond donors (Lipinski definition) is 1. The number of nitrogens with one attached hydrogen (secondary N) is 1. The van der Waals surface area contributed by atoms with Crippen molar-refractivity contribution in [3.63, 3.8) is 0 Å². The van der Waals surface area contributed by atoms with Gasteiger partial charge in [-0.3, -0.25) is 9.59 Å². The zero-order valence-corrected chi connectivity index (χ0v) is 19.8. The van der Waals surface area contributed by atoms with E-state index in [1.165, 1.54) is 4.90 Å². The smallest absolute Gasteiger partial charge is 0.261 e. The number of hydrogen-bond acceptors (Lipinski definition) is 3. The monoisotopic (exact) mass is 464 g/mol. The molecule has 7 heteroatoms. The first-order valence-electron chi connectivity index (χ1n) is 10.6. The molecular weight excluding hydrogens is 435 g/mol. The summed E-state index contributed by atoms with van der Waals surface area (Å²) in [6, 6.07) is 12.0. The average Bonchev–Trinajstić information content (AvgIpc) is 2.74. The van der Waals surface area contributed by atoms with E-state index >= 15 is 0 Å². The van der Waals surface area contributed by atoms with Crippen LogP contribution in [0, 0.1) is 6.92 Å². The van der Waals surface area contributed by atoms with Crippen LogP contribution in [0.15, 0.2) is 42.5 Å². The Hall–Kier alpha value is -2.24. The van der Waals surface area contributed by atoms with Gasteiger partial charge in [0.2, 0.25) is 5.91 Å². The Morgan fingerprint density at radius 3 is 2.42 bits per heavy atom. The van der Waals surface area contributed by atoms with E-state index < -0.39 is 6.04 Å². The lowest BCUT2D eigenvalue weighted by Crippen LogP contribution is -2.50. The van der Waals surface area contributed by atoms with E-state index in [4.69, 9.17) is 27.9 Å². The number of unbranched alkanes of at least 4 members (excludes halogenated alkanes) is 1. The minimum Gasteiger partial charge on any atom is -0.484 e. The molecule has 0 saturated heterocycles. The van der Waals surface area contributed by atoms with E-state index in [2.05, 4.69) is 12.2 Å². The lowest BCUT2D eigenvalue weighted by Gasteiger charge is -2.31. The van der Waals surface area contributed by atoms with Gasteiger partial charge < -0.3 is 15.0 Å². The standard InChI is InChI=1S/C24H30Cl2N2O3/c1-4-6-13-27-24(30)22(5-2)28(15-18-9-10-19(25)14-21(18)26)23(29)16-31-20-11-7-17(3)8-12-20/h7-12,14,22H,4-6,13,15-16H2,1-3H3,(H,27,30)/t22-/m1/s1. The number of rotatable bonds is 11. The maximum atomic E-state index is 13.2. The largest absolute Gasteiger partial charge is 0.484 e. The number of carbonyl (C=O) groups is 2. The number of nitrogens with zero attached hydrogens (tertiary/aromatic N) is 1. The highest BCUT2D eigenvalue weighted by Gasteiger charge is 2.29. The first kappa shape index (κ1) is 25.0. The molecule has 0 aliphatic carbocycles. The van der Waals surface area contributed by atoms with Crippen molar-refractivity contribution in [3.05, 3.63) is 63.6 Å². The summed E-state index contributed by atoms with van der Waals surface area (Å²) < 4.78 is 5.69. The minimum absolute atomic E-state index is 0.174. The number of ether oxygens (including phenoxy) is 1. The van der Waals surface area contributed by atoms with Gasteiger partial charge in [-0.2, -0.15) is 0 Å². The molecule has 1 atom stereocenters. The highest BCUT2D eigenvalue weighted by molar-refractivity contribution is 6.35. The third-order valence-corrected chi connectivity index (χ3v) is 5.54. The Morgan fingerprint density at radius 2 is 1.81 bits per heavy atom. The zero-order chi connectivity index (χ0) is 22.8. The van der Waals surface area contributed by atoms with Crippen molar-refractivity contribution < 1.29 is 14.3 Å². The minimum atomic E-state index is -0.627. The van der Waals surface area contributed by atoms with Crippen molar-refractivity contribution in [2.45, 2.75) is 52.6 Å². The van der Waals surface area contributed by atoms with Gasteiger partial charge in [0.1, 0.15) is 11.8 Å². The van der Waals surface area contributed by atoms with Crippen molar-refractivity contribution in [3.8, 4) is 5.75 Å². The molecule has 1 N–H and O–H groups in total. The second-order valence-corrected chi connectivity index (χ2v) is 8.27. The highest BCUT2D eigenvalue weighted by Crippen LogP contribution is 2.24. The quantitative estimate of drug-likeness (QED) is 0.452. The van der Waals surface area contributed by atoms with Gasteiger partial charge in [-0.15, -0.1) is 0 Å². The molecule has 0 heterocycles. The fraction of sp³-hybridized carbons (Fsp3) is 0.417. The molecule has 0 saturated carbocycles. The van der Waals surface area contributed by atoms with Crippen LogP contribution in [-0.4, -0.2) is 35.9 Å². The molecule has 31 heavy (non-hydrogen) atoms. The van der Waals surface area contributed by atoms with Crippen LogP contribution in [0.4, 0.5) is 0 Å². The lowest BCUT2D eigenvalue weighted by molar-refractivity contribution is -0.143. The SMILES string of the molecule is CCCCNC(=O)[C@@H](CC)N(Cc1ccc(Cl)cc1Cl)C(=O)COc1ccc(C)cc1. The summed E-state index contributed by atoms with van der Waals surface area (Å²) in [5.74, 6) is 0.137. The predicted octanol–water partition coefficient (Wildman–Crippen LogP) is 5.40. The van der Waals surface area contributed by atoms with Crippen LogP contribution < -0.4 is 10.1 Å². The van der Waals surface area contributed by atoms with Crippen LogP contribution in [0.5, 0.6) is 5.75 Å². The fourth-order valence-electron chi connectivity index (χ4n) is 3.12. The molecule has 2 aromatic carbocycles. The average molecular weight is 465 g/mol. The van der Waals surface area contributed by atoms with Crippen molar-refractivity contribution in [2.75, 3.05) is 13.2 Å². The summed E-state index contributed by atoms with van der Waals surface area (Å²) >= 11 is 12.3. The summed E-state index contributed by atoms with van der Waals surface area (Å²) in [6.07, 6.45) is 2.33. The van der Waals surface area contributed by atoms with Crippen LogP contribution in [0.3, 0.4) is 0 Å². The van der Waals surface area contributed by atoms with E-state index in [9.17, 15) is 9.59 Å². The molecule has 0 spiro atoms. The Kier molecular flexibility index (Phi) is 10.2. The van der Waals surface area contributed by atoms with Crippen molar-refractivity contribution in [1.29, 1.82) is 0 Å². The van der Waals surface area contributed by atoms with Crippen LogP contribution in [0.25, 0.3) is 0 Å². The number of amides is 2. The molecule has 0 unspecified atom stereocenters. The Balaban J connectivity index is 2.20. The van der Waals surface area contributed by atoms with Gasteiger partial charge >= 0.3 is 0 Å². The van der Waals surface area contributed by atoms with Crippen LogP contribution in [0.2, 0.25) is 10.0 Å². The first-order valence-corrected chi connectivity index (χ1v) is 11.3. The molecule has 0 aromatic heterocycles. The van der Waals surface area contributed by atoms with Crippen molar-refractivity contribution >= 4 is 35.0 Å². The Morgan fingerprint density at radius 1 is 1.10 bits per heavy atom. The number of carbonyl (C=O) groups excluding carboxylic acids is 2. The second kappa shape index (κ2) is 12.6. The topological polar surface area (TPSA) is 58.6 Å². The maximum Gasteiger partial charge on any atom is 0.261 e. The Labute approximate surface area is 194 Å². The van der Waals surface area contributed by atoms with Crippen LogP contribution >= 0.6 is 23.2 Å². The molecule has 0 radical (unpaired) electrons. The van der Waals surface area contributed by atoms with Gasteiger partial charge in [0, 0.05) is 23.1 Å². The zero-order valence-electron chi connectivity index (χ0n) is 18.3. The van der Waals surface area contributed by atoms with Crippen molar-refractivity contribution in [2.24, 2.45) is 0 Å². The summed E-state index contributed by atoms with van der Waals surface area (Å²) in [5, 5.41) is 3.89. The van der Waals surface area contributed by atoms with Gasteiger partial charge in [-0.1, -0.05) is 67.2 Å². The van der Waals surface area contributed by atoms with E-state index in [-0.39, 0.29) is 25.0 Å². The predicted molar refractivity (Wildman–Crippen MR) is 126 cm³/mol. The highest BCUT2D eigenvalue weighted by atomic mass is 35.5. The first-order chi connectivity index (χ1) is 14.8. The van der Waals surface area contributed by atoms with Gasteiger partial charge in [0.15, 0.2) is 6.61 Å². The summed E-state index contributed by atoms with van der Waals surface area (Å²) in [7, 11) is 0. The maximum absolute atomic E-state index is 13.2. The van der Waals surface area contributed by atoms with E-state index in [1.54, 1.807) is 18.2 Å². The molecule has 2 aromatic rings. The third-order valence-electron chi connectivity index (χ3n) is 4.95. The molecule has 2 rings (SSSR count). The van der Waals surface area contributed by atoms with Gasteiger partial charge in [0.05, 0.1) is 0 Å². The molecule has 5 nitrogen and oxygen atoms in total. The van der Waals surface area contributed by atoms with Gasteiger partial charge in [0.25, 0.3) is 5.91 Å². The Bertz CT molecular complexity index is 872. The molecule has 0 aliphatic rings. The second-order valence-electron chi connectivity index (χ2n) is 7.43. The molecule has 2 amide bonds. The third kappa shape index (κ3) is 7.75. The molecule has 0 bridgehead atoms. The van der Waals surface area contributed by atoms with E-state index in [0.29, 0.717) is 28.8 Å². The lowest BCUT2D eigenvalue weighted by atomic mass is 10.1. The number of aryl methyl sites for hydroxylation is 1. The van der Waals surface area contributed by atoms with Crippen LogP contribution in [0.1, 0.15) is 44.2 Å². The number of benzene rings is 2. The van der Waals surface area contributed by atoms with Gasteiger partial charge in [-0.25, -0.2) is 0 Å². The molecule has 0 fully saturated rings. The van der Waals surface area contributed by atoms with Gasteiger partial charge in [-0.05, 0) is 49.6 Å². The molecular formula is C24H30Cl2N2O3. The molecule has 168 valence electrons. The normalized spacial score (nSPS) is 11.6. The molecule has 0 aliphatic heterocycles. The number of halogens is 2. The fourth-order valence-corrected chi connectivity index (χ4v) is 3.59. The van der Waals surface area contributed by atoms with Crippen molar-refractivity contribution in [1.82, 2.24) is 10.2 Å². The van der Waals surface area contributed by atoms with E-state index in [1.807, 2.05) is 38.1 Å². The summed E-state index contributed by atoms with van der Waals surface area (Å²) in [4.78, 5) is 27.5. The van der Waals surface area contributed by atoms with E-state index in [0.717, 1.165) is 24.0 Å². The summed E-state index contributed by atoms with van der Waals surface area (Å²) in [5.41, 5.74) is 1.82.